The highest BCUT2D eigenvalue weighted by atomic mass is 16.5. The number of hydrogen-bond acceptors (Lipinski definition) is 8. The molecular weight excluding hydrogens is 276 g/mol. The number of rotatable bonds is 7. The van der Waals surface area contributed by atoms with E-state index in [0.717, 1.165) is 0 Å². The Kier molecular flexibility index (Phi) is 4.83. The van der Waals surface area contributed by atoms with Crippen LogP contribution in [-0.2, 0) is 6.42 Å². The summed E-state index contributed by atoms with van der Waals surface area (Å²) in [6.07, 6.45) is 0.532. The Labute approximate surface area is 122 Å². The lowest BCUT2D eigenvalue weighted by atomic mass is 10.2. The maximum absolute atomic E-state index is 5.43. The van der Waals surface area contributed by atoms with Gasteiger partial charge in [0, 0.05) is 25.1 Å². The highest BCUT2D eigenvalue weighted by molar-refractivity contribution is 5.65. The molecule has 8 nitrogen and oxygen atoms in total. The molecule has 1 heterocycles. The minimum Gasteiger partial charge on any atom is -0.493 e. The van der Waals surface area contributed by atoms with E-state index in [1.807, 2.05) is 0 Å². The summed E-state index contributed by atoms with van der Waals surface area (Å²) in [7, 11) is 4.64. The maximum atomic E-state index is 5.43. The lowest BCUT2D eigenvalue weighted by Gasteiger charge is -2.13. The van der Waals surface area contributed by atoms with Crippen molar-refractivity contribution in [3.8, 4) is 17.2 Å². The summed E-state index contributed by atoms with van der Waals surface area (Å²) in [5.74, 6) is 2.05. The molecule has 2 rings (SSSR count). The summed E-state index contributed by atoms with van der Waals surface area (Å²) >= 11 is 0. The molecule has 0 saturated heterocycles. The van der Waals surface area contributed by atoms with E-state index in [4.69, 9.17) is 24.4 Å². The summed E-state index contributed by atoms with van der Waals surface area (Å²) < 4.78 is 21.2. The van der Waals surface area contributed by atoms with Crippen LogP contribution in [0.3, 0.4) is 0 Å². The van der Waals surface area contributed by atoms with Crippen molar-refractivity contribution < 1.29 is 18.6 Å². The highest BCUT2D eigenvalue weighted by Gasteiger charge is 2.14. The Morgan fingerprint density at radius 3 is 2.29 bits per heavy atom. The number of aromatic nitrogens is 2. The molecule has 0 bridgehead atoms. The number of anilines is 2. The second-order valence-corrected chi connectivity index (χ2v) is 4.08. The number of ether oxygens (including phenoxy) is 3. The van der Waals surface area contributed by atoms with Crippen molar-refractivity contribution in [2.24, 2.45) is 5.73 Å². The molecule has 0 aliphatic carbocycles. The van der Waals surface area contributed by atoms with Crippen LogP contribution < -0.4 is 25.3 Å². The van der Waals surface area contributed by atoms with Crippen LogP contribution in [0.25, 0.3) is 0 Å². The van der Waals surface area contributed by atoms with E-state index in [2.05, 4.69) is 15.5 Å². The first kappa shape index (κ1) is 14.9. The van der Waals surface area contributed by atoms with E-state index in [-0.39, 0.29) is 6.01 Å². The van der Waals surface area contributed by atoms with Crippen molar-refractivity contribution >= 4 is 11.7 Å². The van der Waals surface area contributed by atoms with E-state index >= 15 is 0 Å². The van der Waals surface area contributed by atoms with Gasteiger partial charge in [0.25, 0.3) is 0 Å². The van der Waals surface area contributed by atoms with Gasteiger partial charge >= 0.3 is 6.01 Å². The summed E-state index contributed by atoms with van der Waals surface area (Å²) in [5.41, 5.74) is 6.11. The van der Waals surface area contributed by atoms with Crippen molar-refractivity contribution in [1.82, 2.24) is 10.2 Å². The third kappa shape index (κ3) is 3.34. The van der Waals surface area contributed by atoms with Gasteiger partial charge in [-0.3, -0.25) is 0 Å². The van der Waals surface area contributed by atoms with Crippen LogP contribution in [0.15, 0.2) is 16.5 Å². The van der Waals surface area contributed by atoms with Crippen LogP contribution in [-0.4, -0.2) is 38.1 Å². The first-order chi connectivity index (χ1) is 10.2. The molecule has 2 aromatic rings. The Bertz CT molecular complexity index is 575. The number of methoxy groups -OCH3 is 3. The van der Waals surface area contributed by atoms with Crippen LogP contribution in [0.1, 0.15) is 5.89 Å². The maximum Gasteiger partial charge on any atom is 0.320 e. The lowest BCUT2D eigenvalue weighted by Crippen LogP contribution is -2.02. The minimum absolute atomic E-state index is 0.271. The lowest BCUT2D eigenvalue weighted by molar-refractivity contribution is 0.324. The second kappa shape index (κ2) is 6.80. The van der Waals surface area contributed by atoms with Gasteiger partial charge in [0.15, 0.2) is 11.5 Å². The van der Waals surface area contributed by atoms with E-state index in [1.165, 1.54) is 0 Å². The molecule has 0 unspecified atom stereocenters. The quantitative estimate of drug-likeness (QED) is 0.788. The first-order valence-electron chi connectivity index (χ1n) is 6.31. The minimum atomic E-state index is 0.271. The molecule has 0 spiro atoms. The van der Waals surface area contributed by atoms with E-state index in [0.29, 0.717) is 41.8 Å². The molecule has 8 heteroatoms. The Balaban J connectivity index is 2.26. The monoisotopic (exact) mass is 294 g/mol. The summed E-state index contributed by atoms with van der Waals surface area (Å²) in [4.78, 5) is 0. The van der Waals surface area contributed by atoms with Gasteiger partial charge in [-0.15, -0.1) is 5.10 Å². The van der Waals surface area contributed by atoms with Gasteiger partial charge in [0.05, 0.1) is 27.0 Å². The van der Waals surface area contributed by atoms with Gasteiger partial charge in [-0.25, -0.2) is 0 Å². The fourth-order valence-electron chi connectivity index (χ4n) is 1.81. The van der Waals surface area contributed by atoms with Crippen LogP contribution in [0.2, 0.25) is 0 Å². The van der Waals surface area contributed by atoms with Crippen LogP contribution >= 0.6 is 0 Å². The highest BCUT2D eigenvalue weighted by Crippen LogP contribution is 2.40. The zero-order valence-corrected chi connectivity index (χ0v) is 12.2. The van der Waals surface area contributed by atoms with Crippen molar-refractivity contribution in [3.63, 3.8) is 0 Å². The molecule has 0 atom stereocenters. The van der Waals surface area contributed by atoms with Crippen molar-refractivity contribution in [3.05, 3.63) is 18.0 Å². The fourth-order valence-corrected chi connectivity index (χ4v) is 1.81. The Morgan fingerprint density at radius 2 is 1.76 bits per heavy atom. The van der Waals surface area contributed by atoms with Gasteiger partial charge in [-0.1, -0.05) is 5.10 Å². The molecule has 0 amide bonds. The van der Waals surface area contributed by atoms with Gasteiger partial charge < -0.3 is 29.7 Å². The number of hydrogen-bond donors (Lipinski definition) is 2. The predicted molar refractivity (Wildman–Crippen MR) is 76.4 cm³/mol. The van der Waals surface area contributed by atoms with Crippen molar-refractivity contribution in [2.75, 3.05) is 33.2 Å². The molecule has 21 heavy (non-hydrogen) atoms. The number of nitrogens with two attached hydrogens (primary N) is 1. The predicted octanol–water partition coefficient (Wildman–Crippen LogP) is 1.34. The van der Waals surface area contributed by atoms with Gasteiger partial charge in [0.2, 0.25) is 11.6 Å². The van der Waals surface area contributed by atoms with E-state index in [9.17, 15) is 0 Å². The number of nitrogens with zero attached hydrogens (tertiary/aromatic N) is 2. The molecule has 1 aromatic heterocycles. The average Bonchev–Trinajstić information content (AvgIpc) is 2.93. The van der Waals surface area contributed by atoms with Gasteiger partial charge in [-0.05, 0) is 0 Å². The van der Waals surface area contributed by atoms with E-state index < -0.39 is 0 Å². The SMILES string of the molecule is COc1cc(Nc2nnc(CCN)o2)cc(OC)c1OC. The molecule has 1 aromatic carbocycles. The molecule has 3 N–H and O–H groups in total. The fraction of sp³-hybridized carbons (Fsp3) is 0.385. The zero-order chi connectivity index (χ0) is 15.2. The van der Waals surface area contributed by atoms with Crippen LogP contribution in [0.5, 0.6) is 17.2 Å². The normalized spacial score (nSPS) is 10.3. The topological polar surface area (TPSA) is 105 Å². The molecule has 0 aliphatic rings. The zero-order valence-electron chi connectivity index (χ0n) is 12.2. The third-order valence-electron chi connectivity index (χ3n) is 2.74. The standard InChI is InChI=1S/C13H18N4O4/c1-18-9-6-8(7-10(19-2)12(9)20-3)15-13-17-16-11(21-13)4-5-14/h6-7H,4-5,14H2,1-3H3,(H,15,17). The van der Waals surface area contributed by atoms with Crippen LogP contribution in [0.4, 0.5) is 11.7 Å². The molecule has 0 radical (unpaired) electrons. The third-order valence-corrected chi connectivity index (χ3v) is 2.74. The summed E-state index contributed by atoms with van der Waals surface area (Å²) in [5, 5.41) is 10.7. The summed E-state index contributed by atoms with van der Waals surface area (Å²) in [6.45, 7) is 0.450. The van der Waals surface area contributed by atoms with E-state index in [1.54, 1.807) is 33.5 Å². The molecule has 0 fully saturated rings. The number of benzene rings is 1. The molecule has 0 aliphatic heterocycles. The van der Waals surface area contributed by atoms with Crippen molar-refractivity contribution in [1.29, 1.82) is 0 Å². The molecular formula is C13H18N4O4. The average molecular weight is 294 g/mol. The smallest absolute Gasteiger partial charge is 0.320 e. The molecule has 0 saturated carbocycles. The molecule has 114 valence electrons. The number of nitrogens with one attached hydrogen (secondary N) is 1. The first-order valence-corrected chi connectivity index (χ1v) is 6.31. The largest absolute Gasteiger partial charge is 0.493 e. The van der Waals surface area contributed by atoms with Crippen molar-refractivity contribution in [2.45, 2.75) is 6.42 Å². The summed E-state index contributed by atoms with van der Waals surface area (Å²) in [6, 6.07) is 3.76. The van der Waals surface area contributed by atoms with Gasteiger partial charge in [0.1, 0.15) is 0 Å². The second-order valence-electron chi connectivity index (χ2n) is 4.08. The van der Waals surface area contributed by atoms with Gasteiger partial charge in [-0.2, -0.15) is 0 Å². The van der Waals surface area contributed by atoms with Crippen LogP contribution in [0, 0.1) is 0 Å². The Morgan fingerprint density at radius 1 is 1.10 bits per heavy atom. The Hall–Kier alpha value is -2.48.